The zero-order valence-electron chi connectivity index (χ0n) is 14.5. The van der Waals surface area contributed by atoms with Gasteiger partial charge in [-0.1, -0.05) is 65.7 Å². The van der Waals surface area contributed by atoms with E-state index in [1.54, 1.807) is 18.2 Å². The van der Waals surface area contributed by atoms with Gasteiger partial charge in [-0.05, 0) is 35.9 Å². The van der Waals surface area contributed by atoms with Crippen LogP contribution in [0.5, 0.6) is 0 Å². The molecule has 5 nitrogen and oxygen atoms in total. The summed E-state index contributed by atoms with van der Waals surface area (Å²) in [5.41, 5.74) is 1.29. The Hall–Kier alpha value is -2.54. The van der Waals surface area contributed by atoms with Crippen LogP contribution in [0.1, 0.15) is 15.9 Å². The maximum atomic E-state index is 12.7. The zero-order valence-corrected chi connectivity index (χ0v) is 16.9. The number of carbonyl (C=O) groups is 1. The number of amides is 1. The van der Waals surface area contributed by atoms with Crippen molar-refractivity contribution in [3.05, 3.63) is 94.0 Å². The molecule has 3 aromatic rings. The van der Waals surface area contributed by atoms with Gasteiger partial charge in [0.05, 0.1) is 16.1 Å². The fourth-order valence-electron chi connectivity index (χ4n) is 2.53. The van der Waals surface area contributed by atoms with Gasteiger partial charge in [-0.3, -0.25) is 9.52 Å². The molecule has 0 aromatic heterocycles. The molecule has 2 N–H and O–H groups in total. The third-order valence-corrected chi connectivity index (χ3v) is 5.64. The molecule has 0 aliphatic rings. The summed E-state index contributed by atoms with van der Waals surface area (Å²) < 4.78 is 27.8. The van der Waals surface area contributed by atoms with Crippen molar-refractivity contribution in [2.75, 3.05) is 4.72 Å². The van der Waals surface area contributed by atoms with E-state index in [1.165, 1.54) is 24.3 Å². The highest BCUT2D eigenvalue weighted by atomic mass is 35.5. The van der Waals surface area contributed by atoms with E-state index in [-0.39, 0.29) is 26.2 Å². The lowest BCUT2D eigenvalue weighted by Crippen LogP contribution is -2.25. The standard InChI is InChI=1S/C20H16Cl2N2O3S/c21-15-10-16(22)12-17(11-15)28(26,27)24-19-9-5-4-8-18(19)20(25)23-13-14-6-2-1-3-7-14/h1-12,24H,13H2,(H,23,25). The zero-order chi connectivity index (χ0) is 20.1. The van der Waals surface area contributed by atoms with Crippen LogP contribution >= 0.6 is 23.2 Å². The van der Waals surface area contributed by atoms with Crippen molar-refractivity contribution < 1.29 is 13.2 Å². The molecule has 0 unspecified atom stereocenters. The van der Waals surface area contributed by atoms with Crippen molar-refractivity contribution in [1.29, 1.82) is 0 Å². The van der Waals surface area contributed by atoms with Crippen molar-refractivity contribution in [3.8, 4) is 0 Å². The molecule has 3 aromatic carbocycles. The summed E-state index contributed by atoms with van der Waals surface area (Å²) in [5, 5.41) is 3.18. The normalized spacial score (nSPS) is 11.1. The highest BCUT2D eigenvalue weighted by Gasteiger charge is 2.19. The molecule has 144 valence electrons. The van der Waals surface area contributed by atoms with Gasteiger partial charge in [0.25, 0.3) is 15.9 Å². The van der Waals surface area contributed by atoms with E-state index in [2.05, 4.69) is 10.0 Å². The third-order valence-electron chi connectivity index (χ3n) is 3.86. The van der Waals surface area contributed by atoms with E-state index in [4.69, 9.17) is 23.2 Å². The molecule has 0 atom stereocenters. The molecule has 0 heterocycles. The van der Waals surface area contributed by atoms with Crippen LogP contribution in [0.25, 0.3) is 0 Å². The third kappa shape index (κ3) is 5.04. The quantitative estimate of drug-likeness (QED) is 0.588. The van der Waals surface area contributed by atoms with Crippen molar-refractivity contribution in [1.82, 2.24) is 5.32 Å². The Bertz CT molecular complexity index is 1080. The first-order valence-corrected chi connectivity index (χ1v) is 10.5. The number of hydrogen-bond donors (Lipinski definition) is 2. The molecule has 0 fully saturated rings. The minimum atomic E-state index is -3.98. The SMILES string of the molecule is O=C(NCc1ccccc1)c1ccccc1NS(=O)(=O)c1cc(Cl)cc(Cl)c1. The largest absolute Gasteiger partial charge is 0.348 e. The Morgan fingerprint density at radius 2 is 1.46 bits per heavy atom. The Morgan fingerprint density at radius 3 is 2.14 bits per heavy atom. The molecule has 0 spiro atoms. The van der Waals surface area contributed by atoms with Crippen LogP contribution in [0.15, 0.2) is 77.7 Å². The van der Waals surface area contributed by atoms with E-state index < -0.39 is 15.9 Å². The summed E-state index contributed by atoms with van der Waals surface area (Å²) in [6.07, 6.45) is 0. The van der Waals surface area contributed by atoms with Crippen LogP contribution in [0, 0.1) is 0 Å². The highest BCUT2D eigenvalue weighted by molar-refractivity contribution is 7.92. The lowest BCUT2D eigenvalue weighted by atomic mass is 10.1. The molecule has 28 heavy (non-hydrogen) atoms. The van der Waals surface area contributed by atoms with Gasteiger partial charge in [0.1, 0.15) is 0 Å². The Balaban J connectivity index is 1.82. The van der Waals surface area contributed by atoms with Gasteiger partial charge >= 0.3 is 0 Å². The van der Waals surface area contributed by atoms with Crippen LogP contribution in [-0.4, -0.2) is 14.3 Å². The summed E-state index contributed by atoms with van der Waals surface area (Å²) >= 11 is 11.8. The van der Waals surface area contributed by atoms with Gasteiger partial charge in [-0.25, -0.2) is 8.42 Å². The number of anilines is 1. The Morgan fingerprint density at radius 1 is 0.857 bits per heavy atom. The highest BCUT2D eigenvalue weighted by Crippen LogP contribution is 2.25. The second-order valence-electron chi connectivity index (χ2n) is 5.92. The summed E-state index contributed by atoms with van der Waals surface area (Å²) in [6, 6.07) is 19.8. The van der Waals surface area contributed by atoms with Gasteiger partial charge in [-0.2, -0.15) is 0 Å². The smallest absolute Gasteiger partial charge is 0.262 e. The van der Waals surface area contributed by atoms with Gasteiger partial charge in [0.15, 0.2) is 0 Å². The van der Waals surface area contributed by atoms with Gasteiger partial charge in [-0.15, -0.1) is 0 Å². The number of benzene rings is 3. The van der Waals surface area contributed by atoms with Crippen LogP contribution in [0.2, 0.25) is 10.0 Å². The van der Waals surface area contributed by atoms with E-state index in [9.17, 15) is 13.2 Å². The van der Waals surface area contributed by atoms with E-state index in [0.717, 1.165) is 5.56 Å². The lowest BCUT2D eigenvalue weighted by Gasteiger charge is -2.13. The van der Waals surface area contributed by atoms with Crippen molar-refractivity contribution in [3.63, 3.8) is 0 Å². The van der Waals surface area contributed by atoms with E-state index in [0.29, 0.717) is 6.54 Å². The number of nitrogens with one attached hydrogen (secondary N) is 2. The molecule has 1 amide bonds. The molecule has 3 rings (SSSR count). The topological polar surface area (TPSA) is 75.3 Å². The molecular formula is C20H16Cl2N2O3S. The van der Waals surface area contributed by atoms with Crippen molar-refractivity contribution >= 4 is 44.8 Å². The maximum absolute atomic E-state index is 12.7. The van der Waals surface area contributed by atoms with Crippen LogP contribution in [0.3, 0.4) is 0 Å². The van der Waals surface area contributed by atoms with E-state index >= 15 is 0 Å². The van der Waals surface area contributed by atoms with Gasteiger partial charge in [0.2, 0.25) is 0 Å². The first kappa shape index (κ1) is 20.2. The van der Waals surface area contributed by atoms with Crippen LogP contribution in [-0.2, 0) is 16.6 Å². The Kier molecular flexibility index (Phi) is 6.24. The molecule has 8 heteroatoms. The minimum Gasteiger partial charge on any atom is -0.348 e. The lowest BCUT2D eigenvalue weighted by molar-refractivity contribution is 0.0952. The summed E-state index contributed by atoms with van der Waals surface area (Å²) in [6.45, 7) is 0.324. The number of halogens is 2. The number of para-hydroxylation sites is 1. The average Bonchev–Trinajstić information content (AvgIpc) is 2.66. The molecule has 0 radical (unpaired) electrons. The minimum absolute atomic E-state index is 0.0931. The monoisotopic (exact) mass is 434 g/mol. The molecule has 0 saturated carbocycles. The summed E-state index contributed by atoms with van der Waals surface area (Å²) in [5.74, 6) is -0.397. The predicted octanol–water partition coefficient (Wildman–Crippen LogP) is 4.72. The fraction of sp³-hybridized carbons (Fsp3) is 0.0500. The Labute approximate surface area is 173 Å². The number of sulfonamides is 1. The number of rotatable bonds is 6. The molecule has 0 aliphatic heterocycles. The molecule has 0 aliphatic carbocycles. The fourth-order valence-corrected chi connectivity index (χ4v) is 4.34. The van der Waals surface area contributed by atoms with Crippen molar-refractivity contribution in [2.24, 2.45) is 0 Å². The van der Waals surface area contributed by atoms with Crippen LogP contribution in [0.4, 0.5) is 5.69 Å². The maximum Gasteiger partial charge on any atom is 0.262 e. The van der Waals surface area contributed by atoms with Crippen molar-refractivity contribution in [2.45, 2.75) is 11.4 Å². The molecule has 0 saturated heterocycles. The molecular weight excluding hydrogens is 419 g/mol. The summed E-state index contributed by atoms with van der Waals surface area (Å²) in [4.78, 5) is 12.5. The first-order valence-electron chi connectivity index (χ1n) is 8.25. The van der Waals surface area contributed by atoms with Crippen LogP contribution < -0.4 is 10.0 Å². The summed E-state index contributed by atoms with van der Waals surface area (Å²) in [7, 11) is -3.98. The first-order chi connectivity index (χ1) is 13.3. The number of hydrogen-bond acceptors (Lipinski definition) is 3. The predicted molar refractivity (Wildman–Crippen MR) is 111 cm³/mol. The molecule has 0 bridgehead atoms. The second kappa shape index (κ2) is 8.65. The average molecular weight is 435 g/mol. The van der Waals surface area contributed by atoms with Gasteiger partial charge in [0, 0.05) is 16.6 Å². The number of carbonyl (C=O) groups excluding carboxylic acids is 1. The van der Waals surface area contributed by atoms with Gasteiger partial charge < -0.3 is 5.32 Å². The van der Waals surface area contributed by atoms with E-state index in [1.807, 2.05) is 30.3 Å². The second-order valence-corrected chi connectivity index (χ2v) is 8.48.